The Balaban J connectivity index is 1.50. The second-order valence-electron chi connectivity index (χ2n) is 8.11. The van der Waals surface area contributed by atoms with Crippen LogP contribution in [0, 0.1) is 6.92 Å². The predicted octanol–water partition coefficient (Wildman–Crippen LogP) is 4.16. The molecule has 1 aliphatic heterocycles. The minimum Gasteiger partial charge on any atom is -0.492 e. The van der Waals surface area contributed by atoms with Gasteiger partial charge in [-0.05, 0) is 56.0 Å². The molecule has 1 saturated heterocycles. The summed E-state index contributed by atoms with van der Waals surface area (Å²) in [6.07, 6.45) is 2.94. The number of amides is 2. The van der Waals surface area contributed by atoms with Crippen molar-refractivity contribution < 1.29 is 14.3 Å². The Labute approximate surface area is 183 Å². The van der Waals surface area contributed by atoms with Crippen LogP contribution in [0.2, 0.25) is 5.02 Å². The van der Waals surface area contributed by atoms with Gasteiger partial charge < -0.3 is 15.0 Å². The van der Waals surface area contributed by atoms with Gasteiger partial charge in [0.1, 0.15) is 12.4 Å². The van der Waals surface area contributed by atoms with Gasteiger partial charge in [0.15, 0.2) is 0 Å². The number of likely N-dealkylation sites (N-methyl/N-ethyl adjacent to an activating group) is 1. The van der Waals surface area contributed by atoms with Crippen molar-refractivity contribution >= 4 is 23.4 Å². The lowest BCUT2D eigenvalue weighted by molar-refractivity contribution is -0.131. The van der Waals surface area contributed by atoms with Gasteiger partial charge in [0.2, 0.25) is 11.8 Å². The summed E-state index contributed by atoms with van der Waals surface area (Å²) >= 11 is 5.98. The van der Waals surface area contributed by atoms with Gasteiger partial charge in [0.05, 0.1) is 6.54 Å². The molecule has 0 bridgehead atoms. The highest BCUT2D eigenvalue weighted by molar-refractivity contribution is 6.30. The number of rotatable bonds is 9. The van der Waals surface area contributed by atoms with E-state index in [-0.39, 0.29) is 17.4 Å². The third kappa shape index (κ3) is 6.23. The molecule has 30 heavy (non-hydrogen) atoms. The third-order valence-electron chi connectivity index (χ3n) is 5.65. The molecule has 1 heterocycles. The van der Waals surface area contributed by atoms with E-state index in [1.165, 1.54) is 5.56 Å². The number of halogens is 1. The molecule has 1 fully saturated rings. The smallest absolute Gasteiger partial charge is 0.222 e. The molecule has 0 radical (unpaired) electrons. The Bertz CT molecular complexity index is 867. The number of carbonyl (C=O) groups is 2. The minimum atomic E-state index is -0.375. The van der Waals surface area contributed by atoms with Crippen molar-refractivity contribution in [1.82, 2.24) is 10.2 Å². The number of hydrogen-bond donors (Lipinski definition) is 1. The summed E-state index contributed by atoms with van der Waals surface area (Å²) in [5, 5.41) is 3.81. The maximum Gasteiger partial charge on any atom is 0.222 e. The van der Waals surface area contributed by atoms with E-state index in [4.69, 9.17) is 16.3 Å². The van der Waals surface area contributed by atoms with Crippen LogP contribution in [0.4, 0.5) is 0 Å². The molecule has 0 spiro atoms. The molecule has 2 amide bonds. The van der Waals surface area contributed by atoms with Crippen molar-refractivity contribution in [3.05, 3.63) is 64.7 Å². The summed E-state index contributed by atoms with van der Waals surface area (Å²) < 4.78 is 5.72. The largest absolute Gasteiger partial charge is 0.492 e. The van der Waals surface area contributed by atoms with E-state index < -0.39 is 0 Å². The number of carbonyl (C=O) groups excluding carboxylic acids is 2. The normalized spacial score (nSPS) is 18.2. The number of nitrogens with zero attached hydrogens (tertiary/aromatic N) is 1. The summed E-state index contributed by atoms with van der Waals surface area (Å²) in [5.41, 5.74) is 1.91. The van der Waals surface area contributed by atoms with Crippen LogP contribution in [0.1, 0.15) is 36.8 Å². The summed E-state index contributed by atoms with van der Waals surface area (Å²) in [4.78, 5) is 26.3. The summed E-state index contributed by atoms with van der Waals surface area (Å²) in [5.74, 6) is 0.910. The molecule has 5 nitrogen and oxygen atoms in total. The Morgan fingerprint density at radius 2 is 1.87 bits per heavy atom. The van der Waals surface area contributed by atoms with E-state index in [0.29, 0.717) is 43.9 Å². The molecule has 1 atom stereocenters. The van der Waals surface area contributed by atoms with E-state index in [1.54, 1.807) is 11.9 Å². The molecule has 1 N–H and O–H groups in total. The number of benzene rings is 2. The van der Waals surface area contributed by atoms with Crippen LogP contribution in [-0.2, 0) is 16.0 Å². The lowest BCUT2D eigenvalue weighted by atomic mass is 9.85. The molecule has 6 heteroatoms. The maximum atomic E-state index is 12.6. The first-order chi connectivity index (χ1) is 14.3. The van der Waals surface area contributed by atoms with Crippen LogP contribution < -0.4 is 10.1 Å². The number of aryl methyl sites for hydroxylation is 1. The Kier molecular flexibility index (Phi) is 7.38. The van der Waals surface area contributed by atoms with Gasteiger partial charge >= 0.3 is 0 Å². The standard InChI is InChI=1S/C24H29ClN2O3/c1-18-3-9-21(10-4-18)30-16-15-27(2)23(29)12-14-24(13-11-22(28)26-24)17-19-5-7-20(25)8-6-19/h3-10H,11-17H2,1-2H3,(H,26,28)/t24-/m0/s1. The van der Waals surface area contributed by atoms with Gasteiger partial charge in [-0.1, -0.05) is 41.4 Å². The van der Waals surface area contributed by atoms with Crippen molar-refractivity contribution in [2.75, 3.05) is 20.2 Å². The van der Waals surface area contributed by atoms with Crippen LogP contribution in [0.3, 0.4) is 0 Å². The molecule has 2 aromatic carbocycles. The van der Waals surface area contributed by atoms with Gasteiger partial charge in [-0.25, -0.2) is 0 Å². The van der Waals surface area contributed by atoms with Gasteiger partial charge in [-0.2, -0.15) is 0 Å². The van der Waals surface area contributed by atoms with E-state index in [0.717, 1.165) is 17.7 Å². The lowest BCUT2D eigenvalue weighted by Gasteiger charge is -2.30. The summed E-state index contributed by atoms with van der Waals surface area (Å²) in [6.45, 7) is 2.99. The highest BCUT2D eigenvalue weighted by Crippen LogP contribution is 2.30. The fourth-order valence-corrected chi connectivity index (χ4v) is 3.90. The van der Waals surface area contributed by atoms with Crippen molar-refractivity contribution in [3.63, 3.8) is 0 Å². The highest BCUT2D eigenvalue weighted by atomic mass is 35.5. The SMILES string of the molecule is Cc1ccc(OCCN(C)C(=O)CC[C@]2(Cc3ccc(Cl)cc3)CCC(=O)N2)cc1. The average Bonchev–Trinajstić information content (AvgIpc) is 3.10. The molecule has 1 aliphatic rings. The molecule has 0 aliphatic carbocycles. The predicted molar refractivity (Wildman–Crippen MR) is 119 cm³/mol. The first-order valence-corrected chi connectivity index (χ1v) is 10.7. The molecular weight excluding hydrogens is 400 g/mol. The second-order valence-corrected chi connectivity index (χ2v) is 8.54. The van der Waals surface area contributed by atoms with Crippen LogP contribution in [0.5, 0.6) is 5.75 Å². The zero-order valence-electron chi connectivity index (χ0n) is 17.6. The number of nitrogens with one attached hydrogen (secondary N) is 1. The van der Waals surface area contributed by atoms with Gasteiger partial charge in [-0.3, -0.25) is 9.59 Å². The minimum absolute atomic E-state index is 0.0521. The number of hydrogen-bond acceptors (Lipinski definition) is 3. The first-order valence-electron chi connectivity index (χ1n) is 10.3. The quantitative estimate of drug-likeness (QED) is 0.652. The van der Waals surface area contributed by atoms with E-state index >= 15 is 0 Å². The van der Waals surface area contributed by atoms with Gasteiger partial charge in [0.25, 0.3) is 0 Å². The summed E-state index contributed by atoms with van der Waals surface area (Å²) in [6, 6.07) is 15.5. The summed E-state index contributed by atoms with van der Waals surface area (Å²) in [7, 11) is 1.79. The van der Waals surface area contributed by atoms with E-state index in [9.17, 15) is 9.59 Å². The first kappa shape index (κ1) is 22.2. The molecule has 0 saturated carbocycles. The van der Waals surface area contributed by atoms with Gasteiger partial charge in [0, 0.05) is 30.5 Å². The molecule has 0 unspecified atom stereocenters. The van der Waals surface area contributed by atoms with Gasteiger partial charge in [-0.15, -0.1) is 0 Å². The van der Waals surface area contributed by atoms with Crippen molar-refractivity contribution in [3.8, 4) is 5.75 Å². The topological polar surface area (TPSA) is 58.6 Å². The molecule has 0 aromatic heterocycles. The monoisotopic (exact) mass is 428 g/mol. The van der Waals surface area contributed by atoms with Crippen molar-refractivity contribution in [1.29, 1.82) is 0 Å². The highest BCUT2D eigenvalue weighted by Gasteiger charge is 2.38. The van der Waals surface area contributed by atoms with E-state index in [1.807, 2.05) is 55.5 Å². The second kappa shape index (κ2) is 9.98. The zero-order chi connectivity index (χ0) is 21.6. The third-order valence-corrected chi connectivity index (χ3v) is 5.90. The average molecular weight is 429 g/mol. The molecule has 2 aromatic rings. The molecule has 160 valence electrons. The van der Waals surface area contributed by atoms with E-state index in [2.05, 4.69) is 5.32 Å². The fourth-order valence-electron chi connectivity index (χ4n) is 3.77. The Morgan fingerprint density at radius 1 is 1.17 bits per heavy atom. The molecule has 3 rings (SSSR count). The van der Waals surface area contributed by atoms with Crippen molar-refractivity contribution in [2.24, 2.45) is 0 Å². The van der Waals surface area contributed by atoms with Crippen LogP contribution >= 0.6 is 11.6 Å². The number of ether oxygens (including phenoxy) is 1. The van der Waals surface area contributed by atoms with Crippen molar-refractivity contribution in [2.45, 2.75) is 44.6 Å². The Morgan fingerprint density at radius 3 is 2.50 bits per heavy atom. The Hall–Kier alpha value is -2.53. The molecular formula is C24H29ClN2O3. The van der Waals surface area contributed by atoms with Crippen LogP contribution in [-0.4, -0.2) is 42.5 Å². The maximum absolute atomic E-state index is 12.6. The van der Waals surface area contributed by atoms with Crippen LogP contribution in [0.15, 0.2) is 48.5 Å². The fraction of sp³-hybridized carbons (Fsp3) is 0.417. The zero-order valence-corrected chi connectivity index (χ0v) is 18.4. The van der Waals surface area contributed by atoms with Crippen LogP contribution in [0.25, 0.3) is 0 Å². The lowest BCUT2D eigenvalue weighted by Crippen LogP contribution is -2.44.